The molecule has 1 aromatic rings. The van der Waals surface area contributed by atoms with Crippen LogP contribution in [0.2, 0.25) is 0 Å². The van der Waals surface area contributed by atoms with Crippen LogP contribution in [-0.2, 0) is 11.3 Å². The summed E-state index contributed by atoms with van der Waals surface area (Å²) >= 11 is 0. The van der Waals surface area contributed by atoms with E-state index >= 15 is 0 Å². The molecule has 0 spiro atoms. The number of rotatable bonds is 16. The minimum absolute atomic E-state index is 0.336. The summed E-state index contributed by atoms with van der Waals surface area (Å²) in [4.78, 5) is 6.99. The standard InChI is InChI=1S/C24H44NO/c1-5-9-18-24(22-23-16-14-13-15-17-23)26-25(19-10-6-2,20-11-7-3)21-12-8-4/h13-17,24H,5-12,18-22H2,1-4H3/q+1. The summed E-state index contributed by atoms with van der Waals surface area (Å²) in [6.07, 6.45) is 12.6. The molecule has 1 unspecified atom stereocenters. The summed E-state index contributed by atoms with van der Waals surface area (Å²) in [6, 6.07) is 10.9. The Morgan fingerprint density at radius 3 is 1.69 bits per heavy atom. The number of hydrogen-bond acceptors (Lipinski definition) is 1. The van der Waals surface area contributed by atoms with Crippen LogP contribution in [0.3, 0.4) is 0 Å². The molecule has 0 fully saturated rings. The zero-order valence-corrected chi connectivity index (χ0v) is 18.0. The second kappa shape index (κ2) is 14.2. The zero-order chi connectivity index (χ0) is 19.1. The molecule has 0 radical (unpaired) electrons. The van der Waals surface area contributed by atoms with Gasteiger partial charge in [-0.05, 0) is 31.2 Å². The van der Waals surface area contributed by atoms with Gasteiger partial charge in [0.05, 0.1) is 0 Å². The lowest BCUT2D eigenvalue weighted by Crippen LogP contribution is -2.52. The van der Waals surface area contributed by atoms with Crippen molar-refractivity contribution in [2.24, 2.45) is 0 Å². The fourth-order valence-electron chi connectivity index (χ4n) is 3.65. The van der Waals surface area contributed by atoms with Crippen LogP contribution in [-0.4, -0.2) is 30.4 Å². The van der Waals surface area contributed by atoms with Gasteiger partial charge in [-0.15, -0.1) is 0 Å². The van der Waals surface area contributed by atoms with Gasteiger partial charge < -0.3 is 0 Å². The SMILES string of the molecule is CCCCC(Cc1ccccc1)O[N+](CCCC)(CCCC)CCCC. The van der Waals surface area contributed by atoms with Crippen LogP contribution in [0.5, 0.6) is 0 Å². The molecule has 2 nitrogen and oxygen atoms in total. The van der Waals surface area contributed by atoms with Gasteiger partial charge in [0.15, 0.2) is 0 Å². The highest BCUT2D eigenvalue weighted by atomic mass is 16.7. The smallest absolute Gasteiger partial charge is 0.121 e. The number of benzene rings is 1. The summed E-state index contributed by atoms with van der Waals surface area (Å²) in [5.41, 5.74) is 1.41. The Bertz CT molecular complexity index is 409. The van der Waals surface area contributed by atoms with Gasteiger partial charge in [-0.1, -0.05) is 90.1 Å². The Kier molecular flexibility index (Phi) is 12.7. The van der Waals surface area contributed by atoms with Crippen LogP contribution in [0.1, 0.15) is 91.0 Å². The molecule has 0 bridgehead atoms. The molecule has 0 heterocycles. The van der Waals surface area contributed by atoms with E-state index in [1.165, 1.54) is 83.0 Å². The van der Waals surface area contributed by atoms with Crippen molar-refractivity contribution in [3.05, 3.63) is 35.9 Å². The van der Waals surface area contributed by atoms with Crippen molar-refractivity contribution >= 4 is 0 Å². The van der Waals surface area contributed by atoms with Crippen molar-refractivity contribution in [2.45, 2.75) is 98.0 Å². The van der Waals surface area contributed by atoms with E-state index in [-0.39, 0.29) is 0 Å². The average Bonchev–Trinajstić information content (AvgIpc) is 2.68. The van der Waals surface area contributed by atoms with E-state index in [1.54, 1.807) is 0 Å². The Hall–Kier alpha value is -0.860. The highest BCUT2D eigenvalue weighted by molar-refractivity contribution is 5.15. The lowest BCUT2D eigenvalue weighted by Gasteiger charge is -2.39. The van der Waals surface area contributed by atoms with Crippen molar-refractivity contribution in [1.82, 2.24) is 0 Å². The van der Waals surface area contributed by atoms with Crippen LogP contribution < -0.4 is 0 Å². The Balaban J connectivity index is 2.92. The molecule has 0 amide bonds. The largest absolute Gasteiger partial charge is 0.199 e. The molecule has 0 saturated carbocycles. The molecule has 0 aliphatic heterocycles. The van der Waals surface area contributed by atoms with Crippen LogP contribution in [0, 0.1) is 0 Å². The highest BCUT2D eigenvalue weighted by Crippen LogP contribution is 2.22. The van der Waals surface area contributed by atoms with Gasteiger partial charge in [0.25, 0.3) is 0 Å². The molecular formula is C24H44NO+. The van der Waals surface area contributed by atoms with Gasteiger partial charge in [-0.3, -0.25) is 0 Å². The third-order valence-electron chi connectivity index (χ3n) is 5.32. The second-order valence-electron chi connectivity index (χ2n) is 7.85. The molecule has 0 saturated heterocycles. The Morgan fingerprint density at radius 1 is 0.731 bits per heavy atom. The normalized spacial score (nSPS) is 13.1. The first kappa shape index (κ1) is 23.2. The van der Waals surface area contributed by atoms with E-state index in [1.807, 2.05) is 0 Å². The minimum Gasteiger partial charge on any atom is -0.199 e. The summed E-state index contributed by atoms with van der Waals surface area (Å²) in [7, 11) is 0. The van der Waals surface area contributed by atoms with Gasteiger partial charge in [-0.25, -0.2) is 0 Å². The molecule has 26 heavy (non-hydrogen) atoms. The van der Waals surface area contributed by atoms with Crippen molar-refractivity contribution in [1.29, 1.82) is 0 Å². The van der Waals surface area contributed by atoms with Crippen molar-refractivity contribution in [2.75, 3.05) is 19.6 Å². The second-order valence-corrected chi connectivity index (χ2v) is 7.85. The predicted octanol–water partition coefficient (Wildman–Crippen LogP) is 6.94. The van der Waals surface area contributed by atoms with Gasteiger partial charge in [-0.2, -0.15) is 9.48 Å². The number of nitrogens with zero attached hydrogens (tertiary/aromatic N) is 1. The highest BCUT2D eigenvalue weighted by Gasteiger charge is 2.32. The summed E-state index contributed by atoms with van der Waals surface area (Å²) in [5.74, 6) is 0. The zero-order valence-electron chi connectivity index (χ0n) is 18.0. The van der Waals surface area contributed by atoms with E-state index in [0.29, 0.717) is 6.10 Å². The third-order valence-corrected chi connectivity index (χ3v) is 5.32. The minimum atomic E-state index is 0.336. The first-order chi connectivity index (χ1) is 12.7. The topological polar surface area (TPSA) is 9.23 Å². The van der Waals surface area contributed by atoms with E-state index in [2.05, 4.69) is 58.0 Å². The first-order valence-electron chi connectivity index (χ1n) is 11.3. The van der Waals surface area contributed by atoms with Gasteiger partial charge >= 0.3 is 0 Å². The summed E-state index contributed by atoms with van der Waals surface area (Å²) in [5, 5.41) is 0. The maximum absolute atomic E-state index is 6.99. The van der Waals surface area contributed by atoms with Crippen molar-refractivity contribution in [3.63, 3.8) is 0 Å². The van der Waals surface area contributed by atoms with E-state index in [4.69, 9.17) is 4.84 Å². The average molecular weight is 363 g/mol. The van der Waals surface area contributed by atoms with Crippen LogP contribution >= 0.6 is 0 Å². The maximum atomic E-state index is 6.99. The van der Waals surface area contributed by atoms with E-state index in [0.717, 1.165) is 11.1 Å². The molecular weight excluding hydrogens is 318 g/mol. The van der Waals surface area contributed by atoms with Gasteiger partial charge in [0.2, 0.25) is 0 Å². The number of quaternary nitrogens is 1. The lowest BCUT2D eigenvalue weighted by atomic mass is 10.0. The molecule has 150 valence electrons. The number of unbranched alkanes of at least 4 members (excludes halogenated alkanes) is 4. The number of hydroxylamine groups is 3. The van der Waals surface area contributed by atoms with E-state index in [9.17, 15) is 0 Å². The third kappa shape index (κ3) is 9.19. The van der Waals surface area contributed by atoms with Gasteiger partial charge in [0.1, 0.15) is 25.7 Å². The molecule has 1 aromatic carbocycles. The fraction of sp³-hybridized carbons (Fsp3) is 0.750. The first-order valence-corrected chi connectivity index (χ1v) is 11.3. The number of hydrogen-bond donors (Lipinski definition) is 0. The quantitative estimate of drug-likeness (QED) is 0.229. The van der Waals surface area contributed by atoms with Crippen LogP contribution in [0.4, 0.5) is 0 Å². The maximum Gasteiger partial charge on any atom is 0.121 e. The molecule has 2 heteroatoms. The molecule has 0 aliphatic carbocycles. The van der Waals surface area contributed by atoms with Crippen molar-refractivity contribution < 1.29 is 9.48 Å². The van der Waals surface area contributed by atoms with Gasteiger partial charge in [0, 0.05) is 6.42 Å². The predicted molar refractivity (Wildman–Crippen MR) is 114 cm³/mol. The summed E-state index contributed by atoms with van der Waals surface area (Å²) in [6.45, 7) is 12.7. The van der Waals surface area contributed by atoms with E-state index < -0.39 is 0 Å². The summed E-state index contributed by atoms with van der Waals surface area (Å²) < 4.78 is 0.886. The molecule has 0 aliphatic rings. The Morgan fingerprint density at radius 2 is 1.23 bits per heavy atom. The lowest BCUT2D eigenvalue weighted by molar-refractivity contribution is -1.11. The van der Waals surface area contributed by atoms with Crippen LogP contribution in [0.25, 0.3) is 0 Å². The Labute approximate surface area is 163 Å². The van der Waals surface area contributed by atoms with Crippen LogP contribution in [0.15, 0.2) is 30.3 Å². The molecule has 0 aromatic heterocycles. The molecule has 0 N–H and O–H groups in total. The molecule has 1 rings (SSSR count). The molecule has 1 atom stereocenters. The monoisotopic (exact) mass is 362 g/mol. The van der Waals surface area contributed by atoms with Crippen molar-refractivity contribution in [3.8, 4) is 0 Å². The fourth-order valence-corrected chi connectivity index (χ4v) is 3.65.